The summed E-state index contributed by atoms with van der Waals surface area (Å²) in [5.41, 5.74) is 0.116. The summed E-state index contributed by atoms with van der Waals surface area (Å²) in [6.45, 7) is 1.66. The zero-order chi connectivity index (χ0) is 16.3. The minimum atomic E-state index is -1.54. The number of halogens is 3. The highest BCUT2D eigenvalue weighted by Gasteiger charge is 2.16. The van der Waals surface area contributed by atoms with E-state index in [4.69, 9.17) is 0 Å². The van der Waals surface area contributed by atoms with Crippen LogP contribution in [0.5, 0.6) is 0 Å². The Hall–Kier alpha value is -2.58. The zero-order valence-corrected chi connectivity index (χ0v) is 11.9. The molecule has 0 aliphatic heterocycles. The second-order valence-electron chi connectivity index (χ2n) is 4.65. The largest absolute Gasteiger partial charge is 0.332 e. The van der Waals surface area contributed by atoms with Gasteiger partial charge < -0.3 is 10.6 Å². The summed E-state index contributed by atoms with van der Waals surface area (Å²) in [5.74, 6) is -3.60. The van der Waals surface area contributed by atoms with Crippen LogP contribution in [0.15, 0.2) is 18.5 Å². The van der Waals surface area contributed by atoms with Crippen molar-refractivity contribution < 1.29 is 18.0 Å². The number of urea groups is 1. The molecule has 2 rings (SSSR count). The summed E-state index contributed by atoms with van der Waals surface area (Å²) < 4.78 is 40.7. The lowest BCUT2D eigenvalue weighted by Gasteiger charge is -2.15. The van der Waals surface area contributed by atoms with Crippen molar-refractivity contribution in [2.45, 2.75) is 19.5 Å². The first kappa shape index (κ1) is 15.8. The summed E-state index contributed by atoms with van der Waals surface area (Å²) in [6.07, 6.45) is 1.35. The van der Waals surface area contributed by atoms with Crippen LogP contribution in [-0.2, 0) is 13.6 Å². The average Bonchev–Trinajstić information content (AvgIpc) is 2.87. The van der Waals surface area contributed by atoms with Crippen LogP contribution in [0, 0.1) is 17.5 Å². The molecule has 2 N–H and O–H groups in total. The normalized spacial score (nSPS) is 12.0. The molecule has 6 nitrogen and oxygen atoms in total. The number of carbonyl (C=O) groups excluding carboxylic acids is 1. The van der Waals surface area contributed by atoms with Gasteiger partial charge in [-0.15, -0.1) is 0 Å². The summed E-state index contributed by atoms with van der Waals surface area (Å²) >= 11 is 0. The van der Waals surface area contributed by atoms with Gasteiger partial charge in [0.25, 0.3) is 0 Å². The maximum Gasteiger partial charge on any atom is 0.315 e. The monoisotopic (exact) mass is 313 g/mol. The Bertz CT molecular complexity index is 665. The van der Waals surface area contributed by atoms with Crippen molar-refractivity contribution in [3.8, 4) is 0 Å². The van der Waals surface area contributed by atoms with Crippen LogP contribution in [0.4, 0.5) is 18.0 Å². The Labute approximate surface area is 124 Å². The Kier molecular flexibility index (Phi) is 4.64. The number of nitrogens with one attached hydrogen (secondary N) is 2. The van der Waals surface area contributed by atoms with E-state index in [0.717, 1.165) is 12.1 Å². The van der Waals surface area contributed by atoms with Gasteiger partial charge in [-0.3, -0.25) is 4.68 Å². The van der Waals surface area contributed by atoms with E-state index < -0.39 is 29.5 Å². The molecule has 0 bridgehead atoms. The van der Waals surface area contributed by atoms with Crippen LogP contribution in [-0.4, -0.2) is 20.8 Å². The lowest BCUT2D eigenvalue weighted by atomic mass is 10.1. The number of hydrogen-bond acceptors (Lipinski definition) is 3. The molecule has 1 aromatic heterocycles. The minimum absolute atomic E-state index is 0.116. The fraction of sp³-hybridized carbons (Fsp3) is 0.308. The van der Waals surface area contributed by atoms with Crippen molar-refractivity contribution in [1.29, 1.82) is 0 Å². The van der Waals surface area contributed by atoms with Crippen molar-refractivity contribution in [3.63, 3.8) is 0 Å². The molecule has 0 spiro atoms. The number of amides is 2. The first-order valence-corrected chi connectivity index (χ1v) is 6.40. The fourth-order valence-electron chi connectivity index (χ4n) is 1.80. The van der Waals surface area contributed by atoms with Gasteiger partial charge in [0.05, 0.1) is 12.6 Å². The SMILES string of the molecule is C[C@H](NC(=O)NCc1ncnn1C)c1cc(F)c(F)c(F)c1. The molecule has 2 aromatic rings. The van der Waals surface area contributed by atoms with Crippen LogP contribution in [0.3, 0.4) is 0 Å². The van der Waals surface area contributed by atoms with Gasteiger partial charge in [0.15, 0.2) is 17.5 Å². The van der Waals surface area contributed by atoms with E-state index in [9.17, 15) is 18.0 Å². The molecule has 0 saturated heterocycles. The number of rotatable bonds is 4. The first-order valence-electron chi connectivity index (χ1n) is 6.40. The molecule has 0 aliphatic carbocycles. The first-order chi connectivity index (χ1) is 10.4. The Morgan fingerprint density at radius 3 is 2.50 bits per heavy atom. The van der Waals surface area contributed by atoms with Gasteiger partial charge >= 0.3 is 6.03 Å². The van der Waals surface area contributed by atoms with Crippen molar-refractivity contribution in [2.75, 3.05) is 0 Å². The van der Waals surface area contributed by atoms with Gasteiger partial charge in [-0.2, -0.15) is 5.10 Å². The maximum absolute atomic E-state index is 13.2. The van der Waals surface area contributed by atoms with E-state index in [1.165, 1.54) is 17.9 Å². The number of hydrogen-bond donors (Lipinski definition) is 2. The second kappa shape index (κ2) is 6.46. The number of aromatic nitrogens is 3. The molecule has 0 saturated carbocycles. The van der Waals surface area contributed by atoms with Gasteiger partial charge in [0, 0.05) is 7.05 Å². The van der Waals surface area contributed by atoms with E-state index in [-0.39, 0.29) is 12.1 Å². The van der Waals surface area contributed by atoms with E-state index >= 15 is 0 Å². The molecule has 1 heterocycles. The van der Waals surface area contributed by atoms with Gasteiger partial charge in [-0.05, 0) is 24.6 Å². The number of nitrogens with zero attached hydrogens (tertiary/aromatic N) is 3. The predicted octanol–water partition coefficient (Wildman–Crippen LogP) is 1.79. The van der Waals surface area contributed by atoms with E-state index in [0.29, 0.717) is 5.82 Å². The van der Waals surface area contributed by atoms with E-state index in [2.05, 4.69) is 20.7 Å². The molecule has 2 amide bonds. The summed E-state index contributed by atoms with van der Waals surface area (Å²) in [5, 5.41) is 8.87. The smallest absolute Gasteiger partial charge is 0.315 e. The van der Waals surface area contributed by atoms with Crippen LogP contribution in [0.1, 0.15) is 24.4 Å². The van der Waals surface area contributed by atoms with Gasteiger partial charge in [-0.25, -0.2) is 22.9 Å². The summed E-state index contributed by atoms with van der Waals surface area (Å²) in [6, 6.07) is 0.419. The quantitative estimate of drug-likeness (QED) is 0.845. The van der Waals surface area contributed by atoms with Gasteiger partial charge in [-0.1, -0.05) is 0 Å². The Morgan fingerprint density at radius 1 is 1.32 bits per heavy atom. The summed E-state index contributed by atoms with van der Waals surface area (Å²) in [7, 11) is 1.68. The van der Waals surface area contributed by atoms with Crippen molar-refractivity contribution >= 4 is 6.03 Å². The highest BCUT2D eigenvalue weighted by Crippen LogP contribution is 2.18. The third-order valence-corrected chi connectivity index (χ3v) is 3.07. The molecule has 9 heteroatoms. The van der Waals surface area contributed by atoms with Gasteiger partial charge in [0.2, 0.25) is 0 Å². The third kappa shape index (κ3) is 3.54. The molecular weight excluding hydrogens is 299 g/mol. The second-order valence-corrected chi connectivity index (χ2v) is 4.65. The van der Waals surface area contributed by atoms with Gasteiger partial charge in [0.1, 0.15) is 12.2 Å². The van der Waals surface area contributed by atoms with Crippen LogP contribution in [0.2, 0.25) is 0 Å². The van der Waals surface area contributed by atoms with E-state index in [1.807, 2.05) is 0 Å². The maximum atomic E-state index is 13.2. The standard InChI is InChI=1S/C13H14F3N5O/c1-7(8-3-9(14)12(16)10(15)4-8)20-13(22)17-5-11-18-6-19-21(11)2/h3-4,6-7H,5H2,1-2H3,(H2,17,20,22)/t7-/m0/s1. The van der Waals surface area contributed by atoms with E-state index in [1.54, 1.807) is 7.05 Å². The fourth-order valence-corrected chi connectivity index (χ4v) is 1.80. The van der Waals surface area contributed by atoms with Crippen LogP contribution in [0.25, 0.3) is 0 Å². The van der Waals surface area contributed by atoms with Crippen LogP contribution >= 0.6 is 0 Å². The molecule has 0 fully saturated rings. The van der Waals surface area contributed by atoms with Crippen molar-refractivity contribution in [2.24, 2.45) is 7.05 Å². The highest BCUT2D eigenvalue weighted by molar-refractivity contribution is 5.74. The molecule has 1 aromatic carbocycles. The Balaban J connectivity index is 1.95. The number of carbonyl (C=O) groups is 1. The zero-order valence-electron chi connectivity index (χ0n) is 11.9. The minimum Gasteiger partial charge on any atom is -0.332 e. The Morgan fingerprint density at radius 2 is 1.95 bits per heavy atom. The lowest BCUT2D eigenvalue weighted by molar-refractivity contribution is 0.237. The van der Waals surface area contributed by atoms with Crippen LogP contribution < -0.4 is 10.6 Å². The average molecular weight is 313 g/mol. The molecule has 1 atom stereocenters. The molecule has 0 aliphatic rings. The highest BCUT2D eigenvalue weighted by atomic mass is 19.2. The topological polar surface area (TPSA) is 71.8 Å². The van der Waals surface area contributed by atoms with Crippen molar-refractivity contribution in [1.82, 2.24) is 25.4 Å². The summed E-state index contributed by atoms with van der Waals surface area (Å²) in [4.78, 5) is 15.7. The number of benzene rings is 1. The molecule has 0 radical (unpaired) electrons. The molecular formula is C13H14F3N5O. The molecule has 22 heavy (non-hydrogen) atoms. The third-order valence-electron chi connectivity index (χ3n) is 3.07. The lowest BCUT2D eigenvalue weighted by Crippen LogP contribution is -2.37. The molecule has 118 valence electrons. The predicted molar refractivity (Wildman–Crippen MR) is 71.1 cm³/mol. The number of aryl methyl sites for hydroxylation is 1. The molecule has 0 unspecified atom stereocenters. The van der Waals surface area contributed by atoms with Crippen molar-refractivity contribution in [3.05, 3.63) is 47.3 Å².